The molecule has 0 aromatic heterocycles. The minimum atomic E-state index is -0.928. The van der Waals surface area contributed by atoms with Gasteiger partial charge in [-0.15, -0.1) is 0 Å². The molecule has 2 N–H and O–H groups in total. The van der Waals surface area contributed by atoms with Gasteiger partial charge in [-0.1, -0.05) is 49.4 Å². The zero-order valence-electron chi connectivity index (χ0n) is 15.1. The van der Waals surface area contributed by atoms with Crippen LogP contribution in [-0.4, -0.2) is 29.0 Å². The summed E-state index contributed by atoms with van der Waals surface area (Å²) in [6, 6.07) is 14.9. The minimum absolute atomic E-state index is 0.110. The van der Waals surface area contributed by atoms with E-state index in [0.29, 0.717) is 19.4 Å². The molecule has 0 saturated carbocycles. The largest absolute Gasteiger partial charge is 0.394 e. The standard InChI is InChI=1S/C22H26O4/c1-2-15-6-8-16(9-7-15)10-17-4-3-5-21-20(17)14-25-22(21)12-18(24)11-19(13-23)26-22/h3-9,18-19,23-24H,2,10-14H2,1H3/t18-,19-,22+/m0/s1. The fourth-order valence-corrected chi connectivity index (χ4v) is 4.15. The van der Waals surface area contributed by atoms with Crippen molar-refractivity contribution >= 4 is 0 Å². The fraction of sp³-hybridized carbons (Fsp3) is 0.455. The Kier molecular flexibility index (Phi) is 4.84. The van der Waals surface area contributed by atoms with Crippen molar-refractivity contribution < 1.29 is 19.7 Å². The summed E-state index contributed by atoms with van der Waals surface area (Å²) >= 11 is 0. The maximum atomic E-state index is 10.2. The molecule has 1 fully saturated rings. The molecule has 26 heavy (non-hydrogen) atoms. The fourth-order valence-electron chi connectivity index (χ4n) is 4.15. The van der Waals surface area contributed by atoms with Crippen LogP contribution in [0.1, 0.15) is 47.6 Å². The lowest BCUT2D eigenvalue weighted by atomic mass is 9.89. The highest BCUT2D eigenvalue weighted by molar-refractivity contribution is 5.43. The highest BCUT2D eigenvalue weighted by atomic mass is 16.7. The van der Waals surface area contributed by atoms with E-state index in [2.05, 4.69) is 37.3 Å². The summed E-state index contributed by atoms with van der Waals surface area (Å²) in [7, 11) is 0. The second kappa shape index (κ2) is 7.12. The maximum Gasteiger partial charge on any atom is 0.198 e. The average molecular weight is 354 g/mol. The van der Waals surface area contributed by atoms with Gasteiger partial charge in [0.05, 0.1) is 25.4 Å². The topological polar surface area (TPSA) is 58.9 Å². The summed E-state index contributed by atoms with van der Waals surface area (Å²) in [5, 5.41) is 19.7. The molecule has 1 saturated heterocycles. The molecule has 0 amide bonds. The molecule has 4 nitrogen and oxygen atoms in total. The van der Waals surface area contributed by atoms with Gasteiger partial charge in [-0.25, -0.2) is 0 Å². The van der Waals surface area contributed by atoms with Crippen molar-refractivity contribution in [1.29, 1.82) is 0 Å². The van der Waals surface area contributed by atoms with Gasteiger partial charge in [0, 0.05) is 18.4 Å². The molecule has 0 radical (unpaired) electrons. The zero-order valence-corrected chi connectivity index (χ0v) is 15.1. The van der Waals surface area contributed by atoms with E-state index in [1.54, 1.807) is 0 Å². The third-order valence-electron chi connectivity index (χ3n) is 5.56. The third-order valence-corrected chi connectivity index (χ3v) is 5.56. The van der Waals surface area contributed by atoms with Crippen LogP contribution in [0.25, 0.3) is 0 Å². The Labute approximate surface area is 154 Å². The summed E-state index contributed by atoms with van der Waals surface area (Å²) in [4.78, 5) is 0. The number of aliphatic hydroxyl groups is 2. The molecule has 2 aromatic rings. The Balaban J connectivity index is 1.63. The molecule has 0 bridgehead atoms. The first-order chi connectivity index (χ1) is 12.6. The molecule has 0 aliphatic carbocycles. The normalized spacial score (nSPS) is 27.7. The first-order valence-corrected chi connectivity index (χ1v) is 9.43. The lowest BCUT2D eigenvalue weighted by molar-refractivity contribution is -0.302. The van der Waals surface area contributed by atoms with Crippen LogP contribution in [0.15, 0.2) is 42.5 Å². The molecule has 0 unspecified atom stereocenters. The predicted octanol–water partition coefficient (Wildman–Crippen LogP) is 3.06. The first kappa shape index (κ1) is 17.7. The molecule has 2 aliphatic heterocycles. The van der Waals surface area contributed by atoms with Crippen LogP contribution in [0.3, 0.4) is 0 Å². The molecule has 4 heteroatoms. The Hall–Kier alpha value is -1.72. The second-order valence-corrected chi connectivity index (χ2v) is 7.35. The summed E-state index contributed by atoms with van der Waals surface area (Å²) < 4.78 is 12.2. The van der Waals surface area contributed by atoms with E-state index in [9.17, 15) is 10.2 Å². The minimum Gasteiger partial charge on any atom is -0.394 e. The number of hydrogen-bond acceptors (Lipinski definition) is 4. The number of rotatable bonds is 4. The number of aliphatic hydroxyl groups excluding tert-OH is 2. The maximum absolute atomic E-state index is 10.2. The summed E-state index contributed by atoms with van der Waals surface area (Å²) in [5.41, 5.74) is 5.99. The van der Waals surface area contributed by atoms with Crippen molar-refractivity contribution in [1.82, 2.24) is 0 Å². The smallest absolute Gasteiger partial charge is 0.198 e. The van der Waals surface area contributed by atoms with Gasteiger partial charge in [0.15, 0.2) is 5.79 Å². The third kappa shape index (κ3) is 3.19. The molecule has 138 valence electrons. The van der Waals surface area contributed by atoms with Gasteiger partial charge in [0.25, 0.3) is 0 Å². The number of benzene rings is 2. The zero-order chi connectivity index (χ0) is 18.1. The number of hydrogen-bond donors (Lipinski definition) is 2. The Morgan fingerprint density at radius 1 is 1.12 bits per heavy atom. The van der Waals surface area contributed by atoms with Crippen LogP contribution in [0.2, 0.25) is 0 Å². The number of aryl methyl sites for hydroxylation is 1. The molecular weight excluding hydrogens is 328 g/mol. The van der Waals surface area contributed by atoms with Gasteiger partial charge in [-0.2, -0.15) is 0 Å². The SMILES string of the molecule is CCc1ccc(Cc2cccc3c2CO[C@@]32C[C@@H](O)C[C@@H](CO)O2)cc1. The van der Waals surface area contributed by atoms with Gasteiger partial charge in [0.1, 0.15) is 0 Å². The quantitative estimate of drug-likeness (QED) is 0.886. The Morgan fingerprint density at radius 3 is 2.62 bits per heavy atom. The highest BCUT2D eigenvalue weighted by Gasteiger charge is 2.48. The van der Waals surface area contributed by atoms with Crippen molar-refractivity contribution in [3.05, 3.63) is 70.3 Å². The lowest BCUT2D eigenvalue weighted by Gasteiger charge is -2.40. The van der Waals surface area contributed by atoms with E-state index in [0.717, 1.165) is 24.0 Å². The van der Waals surface area contributed by atoms with Crippen LogP contribution in [-0.2, 0) is 34.7 Å². The van der Waals surface area contributed by atoms with Crippen LogP contribution >= 0.6 is 0 Å². The van der Waals surface area contributed by atoms with Gasteiger partial charge in [0.2, 0.25) is 0 Å². The van der Waals surface area contributed by atoms with Crippen LogP contribution < -0.4 is 0 Å². The van der Waals surface area contributed by atoms with Crippen LogP contribution in [0.5, 0.6) is 0 Å². The molecule has 2 aromatic carbocycles. The van der Waals surface area contributed by atoms with E-state index in [1.165, 1.54) is 16.7 Å². The molecular formula is C22H26O4. The summed E-state index contributed by atoms with van der Waals surface area (Å²) in [5.74, 6) is -0.928. The first-order valence-electron chi connectivity index (χ1n) is 9.43. The van der Waals surface area contributed by atoms with E-state index in [4.69, 9.17) is 9.47 Å². The molecule has 3 atom stereocenters. The van der Waals surface area contributed by atoms with Crippen LogP contribution in [0, 0.1) is 0 Å². The summed E-state index contributed by atoms with van der Waals surface area (Å²) in [6.07, 6.45) is 1.82. The van der Waals surface area contributed by atoms with E-state index in [-0.39, 0.29) is 6.61 Å². The van der Waals surface area contributed by atoms with Crippen LogP contribution in [0.4, 0.5) is 0 Å². The predicted molar refractivity (Wildman–Crippen MR) is 98.7 cm³/mol. The number of ether oxygens (including phenoxy) is 2. The van der Waals surface area contributed by atoms with Crippen molar-refractivity contribution in [2.75, 3.05) is 6.61 Å². The highest BCUT2D eigenvalue weighted by Crippen LogP contribution is 2.46. The van der Waals surface area contributed by atoms with E-state index in [1.807, 2.05) is 12.1 Å². The van der Waals surface area contributed by atoms with Gasteiger partial charge >= 0.3 is 0 Å². The Bertz CT molecular complexity index is 770. The number of fused-ring (bicyclic) bond motifs is 2. The molecule has 4 rings (SSSR count). The van der Waals surface area contributed by atoms with Gasteiger partial charge in [-0.05, 0) is 35.1 Å². The molecule has 1 spiro atoms. The van der Waals surface area contributed by atoms with Crippen molar-refractivity contribution in [2.24, 2.45) is 0 Å². The monoisotopic (exact) mass is 354 g/mol. The van der Waals surface area contributed by atoms with E-state index < -0.39 is 18.0 Å². The summed E-state index contributed by atoms with van der Waals surface area (Å²) in [6.45, 7) is 2.53. The van der Waals surface area contributed by atoms with Crippen molar-refractivity contribution in [3.63, 3.8) is 0 Å². The lowest BCUT2D eigenvalue weighted by Crippen LogP contribution is -2.45. The van der Waals surface area contributed by atoms with Gasteiger partial charge in [-0.3, -0.25) is 0 Å². The van der Waals surface area contributed by atoms with E-state index >= 15 is 0 Å². The Morgan fingerprint density at radius 2 is 1.88 bits per heavy atom. The molecule has 2 aliphatic rings. The van der Waals surface area contributed by atoms with Gasteiger partial charge < -0.3 is 19.7 Å². The molecule has 2 heterocycles. The van der Waals surface area contributed by atoms with Crippen molar-refractivity contribution in [3.8, 4) is 0 Å². The van der Waals surface area contributed by atoms with Crippen molar-refractivity contribution in [2.45, 2.75) is 57.2 Å². The second-order valence-electron chi connectivity index (χ2n) is 7.35. The average Bonchev–Trinajstić information content (AvgIpc) is 3.00.